The molecule has 4 atom stereocenters. The van der Waals surface area contributed by atoms with E-state index in [4.69, 9.17) is 0 Å². The highest BCUT2D eigenvalue weighted by molar-refractivity contribution is 6.11. The minimum absolute atomic E-state index is 0.00186. The van der Waals surface area contributed by atoms with E-state index in [2.05, 4.69) is 52.2 Å². The zero-order valence-electron chi connectivity index (χ0n) is 24.1. The van der Waals surface area contributed by atoms with Gasteiger partial charge in [0.05, 0.1) is 0 Å². The van der Waals surface area contributed by atoms with Crippen molar-refractivity contribution in [3.05, 3.63) is 0 Å². The second-order valence-electron chi connectivity index (χ2n) is 15.1. The Morgan fingerprint density at radius 1 is 0.658 bits per heavy atom. The number of imide groups is 2. The van der Waals surface area contributed by atoms with Crippen molar-refractivity contribution in [2.75, 3.05) is 39.3 Å². The molecule has 2 aliphatic carbocycles. The third kappa shape index (κ3) is 5.88. The van der Waals surface area contributed by atoms with Gasteiger partial charge in [-0.15, -0.1) is 0 Å². The Labute approximate surface area is 226 Å². The second-order valence-corrected chi connectivity index (χ2v) is 15.1. The molecule has 4 unspecified atom stereocenters. The molecule has 2 N–H and O–H groups in total. The van der Waals surface area contributed by atoms with Crippen LogP contribution in [-0.2, 0) is 0 Å². The van der Waals surface area contributed by atoms with E-state index in [1.54, 1.807) is 9.80 Å². The van der Waals surface area contributed by atoms with Gasteiger partial charge in [0.25, 0.3) is 0 Å². The van der Waals surface area contributed by atoms with Gasteiger partial charge in [0, 0.05) is 51.4 Å². The van der Waals surface area contributed by atoms with Crippen LogP contribution in [0.3, 0.4) is 0 Å². The summed E-state index contributed by atoms with van der Waals surface area (Å²) in [5, 5.41) is 6.37. The van der Waals surface area contributed by atoms with Crippen molar-refractivity contribution in [3.8, 4) is 0 Å². The quantitative estimate of drug-likeness (QED) is 0.505. The molecule has 3 saturated heterocycles. The van der Waals surface area contributed by atoms with Crippen molar-refractivity contribution in [2.24, 2.45) is 21.7 Å². The Kier molecular flexibility index (Phi) is 6.42. The lowest BCUT2D eigenvalue weighted by atomic mass is 9.62. The molecule has 0 aromatic rings. The maximum atomic E-state index is 13.3. The fourth-order valence-electron chi connectivity index (χ4n) is 8.19. The van der Waals surface area contributed by atoms with Gasteiger partial charge >= 0.3 is 24.1 Å². The van der Waals surface area contributed by atoms with Crippen LogP contribution in [0.4, 0.5) is 19.2 Å². The SMILES string of the molecule is CC1(C)CC(NC(=O)N2CC2)CC(C)(CN2C(=O)N(CC3(C)CC(NC(=O)N4CC4)CC(C)(C)C3)C2=O)C1. The number of nitrogens with one attached hydrogen (secondary N) is 2. The number of hydrogen-bond donors (Lipinski definition) is 2. The van der Waals surface area contributed by atoms with Crippen LogP contribution in [0.5, 0.6) is 0 Å². The molecule has 0 radical (unpaired) electrons. The summed E-state index contributed by atoms with van der Waals surface area (Å²) in [6, 6.07) is -0.407. The molecule has 0 aromatic heterocycles. The summed E-state index contributed by atoms with van der Waals surface area (Å²) in [4.78, 5) is 57.8. The molecule has 0 bridgehead atoms. The van der Waals surface area contributed by atoms with Crippen LogP contribution in [0.2, 0.25) is 0 Å². The third-order valence-corrected chi connectivity index (χ3v) is 9.01. The first kappa shape index (κ1) is 27.1. The van der Waals surface area contributed by atoms with E-state index in [-0.39, 0.29) is 57.9 Å². The van der Waals surface area contributed by atoms with E-state index in [1.807, 2.05) is 0 Å². The first-order chi connectivity index (χ1) is 17.6. The predicted octanol–water partition coefficient (Wildman–Crippen LogP) is 4.06. The van der Waals surface area contributed by atoms with Crippen molar-refractivity contribution >= 4 is 24.1 Å². The van der Waals surface area contributed by atoms with Crippen molar-refractivity contribution < 1.29 is 19.2 Å². The van der Waals surface area contributed by atoms with E-state index in [9.17, 15) is 19.2 Å². The van der Waals surface area contributed by atoms with Gasteiger partial charge in [0.1, 0.15) is 0 Å². The van der Waals surface area contributed by atoms with Crippen molar-refractivity contribution in [1.82, 2.24) is 30.2 Å². The lowest BCUT2D eigenvalue weighted by Gasteiger charge is -2.53. The van der Waals surface area contributed by atoms with Crippen LogP contribution in [-0.4, -0.2) is 95.1 Å². The maximum absolute atomic E-state index is 13.3. The fourth-order valence-corrected chi connectivity index (χ4v) is 8.19. The Morgan fingerprint density at radius 3 is 1.32 bits per heavy atom. The monoisotopic (exact) mass is 530 g/mol. The number of nitrogens with zero attached hydrogens (tertiary/aromatic N) is 4. The van der Waals surface area contributed by atoms with Gasteiger partial charge in [-0.2, -0.15) is 0 Å². The first-order valence-electron chi connectivity index (χ1n) is 14.3. The number of rotatable bonds is 6. The molecule has 10 heteroatoms. The average molecular weight is 531 g/mol. The molecule has 212 valence electrons. The predicted molar refractivity (Wildman–Crippen MR) is 143 cm³/mol. The van der Waals surface area contributed by atoms with Crippen molar-refractivity contribution in [3.63, 3.8) is 0 Å². The molecule has 2 saturated carbocycles. The van der Waals surface area contributed by atoms with Crippen LogP contribution in [0, 0.1) is 21.7 Å². The molecular formula is C28H46N6O4. The highest BCUT2D eigenvalue weighted by atomic mass is 16.2. The zero-order chi connectivity index (χ0) is 27.7. The van der Waals surface area contributed by atoms with Gasteiger partial charge < -0.3 is 20.4 Å². The van der Waals surface area contributed by atoms with Gasteiger partial charge in [0.2, 0.25) is 0 Å². The molecule has 3 aliphatic heterocycles. The van der Waals surface area contributed by atoms with Crippen LogP contribution in [0.1, 0.15) is 80.1 Å². The van der Waals surface area contributed by atoms with Crippen LogP contribution < -0.4 is 10.6 Å². The van der Waals surface area contributed by atoms with E-state index in [1.165, 1.54) is 9.80 Å². The largest absolute Gasteiger partial charge is 0.336 e. The fraction of sp³-hybridized carbons (Fsp3) is 0.857. The Hall–Kier alpha value is -2.52. The molecule has 5 fully saturated rings. The number of urea groups is 4. The smallest absolute Gasteiger partial charge is 0.335 e. The summed E-state index contributed by atoms with van der Waals surface area (Å²) in [6.07, 6.45) is 5.04. The zero-order valence-corrected chi connectivity index (χ0v) is 24.1. The average Bonchev–Trinajstić information content (AvgIpc) is 3.66. The first-order valence-corrected chi connectivity index (χ1v) is 14.3. The molecule has 10 nitrogen and oxygen atoms in total. The second kappa shape index (κ2) is 9.01. The summed E-state index contributed by atoms with van der Waals surface area (Å²) in [7, 11) is 0. The maximum Gasteiger partial charge on any atom is 0.336 e. The van der Waals surface area contributed by atoms with Gasteiger partial charge in [-0.3, -0.25) is 0 Å². The van der Waals surface area contributed by atoms with Gasteiger partial charge in [-0.25, -0.2) is 29.0 Å². The highest BCUT2D eigenvalue weighted by Crippen LogP contribution is 2.49. The highest BCUT2D eigenvalue weighted by Gasteiger charge is 2.53. The van der Waals surface area contributed by atoms with E-state index in [0.717, 1.165) is 64.7 Å². The summed E-state index contributed by atoms with van der Waals surface area (Å²) in [5.41, 5.74) is -0.531. The third-order valence-electron chi connectivity index (χ3n) is 9.01. The van der Waals surface area contributed by atoms with E-state index >= 15 is 0 Å². The minimum Gasteiger partial charge on any atom is -0.335 e. The van der Waals surface area contributed by atoms with Crippen LogP contribution in [0.25, 0.3) is 0 Å². The summed E-state index contributed by atoms with van der Waals surface area (Å²) in [6.45, 7) is 17.1. The topological polar surface area (TPSA) is 105 Å². The molecule has 5 aliphatic rings. The molecule has 0 spiro atoms. The van der Waals surface area contributed by atoms with E-state index < -0.39 is 0 Å². The van der Waals surface area contributed by atoms with Crippen molar-refractivity contribution in [1.29, 1.82) is 0 Å². The Morgan fingerprint density at radius 2 is 1.00 bits per heavy atom. The number of hydrogen-bond acceptors (Lipinski definition) is 4. The standard InChI is InChI=1S/C28H46N6O4/c1-25(2)11-19(29-21(35)31-7-8-31)13-27(5,15-25)17-33-23(37)34(24(33)38)18-28(6)14-20(12-26(3,4)16-28)30-22(36)32-9-10-32/h19-20H,7-18H2,1-6H3,(H,29,35)(H,30,36). The van der Waals surface area contributed by atoms with Crippen LogP contribution in [0.15, 0.2) is 0 Å². The van der Waals surface area contributed by atoms with Gasteiger partial charge in [-0.05, 0) is 60.2 Å². The summed E-state index contributed by atoms with van der Waals surface area (Å²) < 4.78 is 0. The molecule has 0 aromatic carbocycles. The Balaban J connectivity index is 1.20. The van der Waals surface area contributed by atoms with Crippen LogP contribution >= 0.6 is 0 Å². The molecular weight excluding hydrogens is 484 g/mol. The number of amides is 8. The molecule has 3 heterocycles. The van der Waals surface area contributed by atoms with Crippen molar-refractivity contribution in [2.45, 2.75) is 92.2 Å². The molecule has 8 amide bonds. The lowest BCUT2D eigenvalue weighted by molar-refractivity contribution is 0.0114. The van der Waals surface area contributed by atoms with Gasteiger partial charge in [-0.1, -0.05) is 41.5 Å². The number of carbonyl (C=O) groups is 4. The molecule has 5 rings (SSSR count). The number of carbonyl (C=O) groups excluding carboxylic acids is 4. The summed E-state index contributed by atoms with van der Waals surface area (Å²) in [5.74, 6) is 0. The summed E-state index contributed by atoms with van der Waals surface area (Å²) >= 11 is 0. The van der Waals surface area contributed by atoms with E-state index in [0.29, 0.717) is 13.1 Å². The lowest BCUT2D eigenvalue weighted by Crippen LogP contribution is -2.68. The Bertz CT molecular complexity index is 929. The minimum atomic E-state index is -0.264. The van der Waals surface area contributed by atoms with Gasteiger partial charge in [0.15, 0.2) is 0 Å². The molecule has 38 heavy (non-hydrogen) atoms. The normalized spacial score (nSPS) is 35.5.